The second kappa shape index (κ2) is 9.07. The van der Waals surface area contributed by atoms with Crippen molar-refractivity contribution in [2.75, 3.05) is 0 Å². The Morgan fingerprint density at radius 2 is 1.46 bits per heavy atom. The van der Waals surface area contributed by atoms with E-state index < -0.39 is 10.0 Å². The van der Waals surface area contributed by atoms with Crippen LogP contribution < -0.4 is 0 Å². The maximum atomic E-state index is 13.1. The van der Waals surface area contributed by atoms with Gasteiger partial charge in [0.1, 0.15) is 0 Å². The van der Waals surface area contributed by atoms with Crippen molar-refractivity contribution >= 4 is 16.1 Å². The van der Waals surface area contributed by atoms with E-state index in [1.807, 2.05) is 73.7 Å². The van der Waals surface area contributed by atoms with Crippen LogP contribution in [0.1, 0.15) is 16.7 Å². The minimum absolute atomic E-state index is 0.184. The number of benzene rings is 3. The molecule has 0 atom stereocenters. The van der Waals surface area contributed by atoms with Gasteiger partial charge >= 0.3 is 0 Å². The fourth-order valence-corrected chi connectivity index (χ4v) is 3.81. The van der Waals surface area contributed by atoms with Gasteiger partial charge in [-0.1, -0.05) is 84.3 Å². The zero-order chi connectivity index (χ0) is 19.8. The summed E-state index contributed by atoms with van der Waals surface area (Å²) in [4.78, 5) is 0.232. The van der Waals surface area contributed by atoms with Crippen molar-refractivity contribution in [2.45, 2.75) is 18.4 Å². The molecule has 3 nitrogen and oxygen atoms in total. The fraction of sp³-hybridized carbons (Fsp3) is 0.0833. The van der Waals surface area contributed by atoms with Gasteiger partial charge in [0.2, 0.25) is 0 Å². The van der Waals surface area contributed by atoms with Crippen molar-refractivity contribution in [3.8, 4) is 12.0 Å². The highest BCUT2D eigenvalue weighted by molar-refractivity contribution is 7.89. The van der Waals surface area contributed by atoms with Gasteiger partial charge < -0.3 is 0 Å². The average molecular weight is 388 g/mol. The molecule has 0 saturated heterocycles. The number of hydrogen-bond acceptors (Lipinski definition) is 2. The van der Waals surface area contributed by atoms with E-state index in [-0.39, 0.29) is 11.4 Å². The molecular weight excluding hydrogens is 366 g/mol. The van der Waals surface area contributed by atoms with Crippen LogP contribution in [0, 0.1) is 18.9 Å². The number of hydrogen-bond donors (Lipinski definition) is 0. The molecule has 0 bridgehead atoms. The highest BCUT2D eigenvalue weighted by Crippen LogP contribution is 2.18. The predicted molar refractivity (Wildman–Crippen MR) is 114 cm³/mol. The third kappa shape index (κ3) is 5.12. The van der Waals surface area contributed by atoms with E-state index in [0.29, 0.717) is 0 Å². The molecule has 0 fully saturated rings. The highest BCUT2D eigenvalue weighted by atomic mass is 32.2. The Hall–Kier alpha value is -3.29. The van der Waals surface area contributed by atoms with Gasteiger partial charge in [-0.25, -0.2) is 12.7 Å². The normalized spacial score (nSPS) is 11.0. The minimum Gasteiger partial charge on any atom is -0.220 e. The maximum absolute atomic E-state index is 13.1. The summed E-state index contributed by atoms with van der Waals surface area (Å²) in [5.41, 5.74) is 2.89. The summed E-state index contributed by atoms with van der Waals surface area (Å²) in [5, 5.41) is 0. The number of rotatable bonds is 5. The van der Waals surface area contributed by atoms with Gasteiger partial charge in [0.25, 0.3) is 10.0 Å². The number of aryl methyl sites for hydroxylation is 1. The van der Waals surface area contributed by atoms with Crippen LogP contribution in [0.2, 0.25) is 0 Å². The lowest BCUT2D eigenvalue weighted by molar-refractivity contribution is 0.508. The smallest absolute Gasteiger partial charge is 0.220 e. The number of nitrogens with zero attached hydrogens (tertiary/aromatic N) is 1. The summed E-state index contributed by atoms with van der Waals surface area (Å²) < 4.78 is 27.4. The quantitative estimate of drug-likeness (QED) is 0.463. The molecule has 3 aromatic rings. The summed E-state index contributed by atoms with van der Waals surface area (Å²) in [6, 6.07) is 28.8. The number of sulfonamides is 1. The predicted octanol–water partition coefficient (Wildman–Crippen LogP) is 4.86. The SMILES string of the molecule is Cc1ccc(S(=O)(=O)N(C#C/C=C/c2ccccc2)Cc2ccccc2)cc1. The van der Waals surface area contributed by atoms with Crippen LogP contribution in [0.15, 0.2) is 95.9 Å². The van der Waals surface area contributed by atoms with Gasteiger partial charge in [0.05, 0.1) is 11.4 Å². The Bertz CT molecular complexity index is 1090. The van der Waals surface area contributed by atoms with Gasteiger partial charge in [-0.15, -0.1) is 0 Å². The van der Waals surface area contributed by atoms with Gasteiger partial charge in [-0.2, -0.15) is 0 Å². The summed E-state index contributed by atoms with van der Waals surface area (Å²) >= 11 is 0. The summed E-state index contributed by atoms with van der Waals surface area (Å²) in [6.45, 7) is 2.11. The van der Waals surface area contributed by atoms with Crippen LogP contribution in [0.5, 0.6) is 0 Å². The first-order chi connectivity index (χ1) is 13.6. The molecule has 28 heavy (non-hydrogen) atoms. The average Bonchev–Trinajstić information content (AvgIpc) is 2.72. The lowest BCUT2D eigenvalue weighted by Gasteiger charge is -2.18. The summed E-state index contributed by atoms with van der Waals surface area (Å²) in [7, 11) is -3.74. The fourth-order valence-electron chi connectivity index (χ4n) is 2.58. The largest absolute Gasteiger partial charge is 0.271 e. The first kappa shape index (κ1) is 19.5. The molecule has 0 heterocycles. The van der Waals surface area contributed by atoms with Crippen LogP contribution in [0.3, 0.4) is 0 Å². The van der Waals surface area contributed by atoms with E-state index in [4.69, 9.17) is 0 Å². The van der Waals surface area contributed by atoms with Crippen molar-refractivity contribution in [1.29, 1.82) is 0 Å². The van der Waals surface area contributed by atoms with Crippen molar-refractivity contribution in [3.63, 3.8) is 0 Å². The topological polar surface area (TPSA) is 37.4 Å². The zero-order valence-electron chi connectivity index (χ0n) is 15.6. The second-order valence-electron chi connectivity index (χ2n) is 6.31. The van der Waals surface area contributed by atoms with Gasteiger partial charge in [-0.05, 0) is 42.3 Å². The van der Waals surface area contributed by atoms with Gasteiger partial charge in [-0.3, -0.25) is 0 Å². The zero-order valence-corrected chi connectivity index (χ0v) is 16.4. The third-order valence-corrected chi connectivity index (χ3v) is 5.79. The van der Waals surface area contributed by atoms with Crippen molar-refractivity contribution in [1.82, 2.24) is 4.31 Å². The summed E-state index contributed by atoms with van der Waals surface area (Å²) in [5.74, 6) is 2.86. The van der Waals surface area contributed by atoms with E-state index in [2.05, 4.69) is 12.0 Å². The molecule has 3 rings (SSSR count). The van der Waals surface area contributed by atoms with Gasteiger partial charge in [0, 0.05) is 6.04 Å². The molecule has 4 heteroatoms. The van der Waals surface area contributed by atoms with Gasteiger partial charge in [0.15, 0.2) is 0 Å². The summed E-state index contributed by atoms with van der Waals surface area (Å²) in [6.07, 6.45) is 3.52. The van der Waals surface area contributed by atoms with E-state index in [9.17, 15) is 8.42 Å². The molecule has 0 aliphatic carbocycles. The molecule has 0 saturated carbocycles. The first-order valence-corrected chi connectivity index (χ1v) is 10.4. The molecule has 3 aromatic carbocycles. The molecule has 140 valence electrons. The minimum atomic E-state index is -3.74. The molecule has 0 aromatic heterocycles. The second-order valence-corrected chi connectivity index (χ2v) is 8.17. The molecule has 0 aliphatic rings. The Morgan fingerprint density at radius 1 is 0.857 bits per heavy atom. The molecular formula is C24H21NO2S. The lowest BCUT2D eigenvalue weighted by Crippen LogP contribution is -2.26. The Morgan fingerprint density at radius 3 is 2.11 bits per heavy atom. The molecule has 0 N–H and O–H groups in total. The monoisotopic (exact) mass is 387 g/mol. The maximum Gasteiger partial charge on any atom is 0.271 e. The Kier molecular flexibility index (Phi) is 6.31. The molecule has 0 aliphatic heterocycles. The molecule has 0 unspecified atom stereocenters. The van der Waals surface area contributed by atoms with E-state index in [1.165, 1.54) is 4.31 Å². The van der Waals surface area contributed by atoms with E-state index >= 15 is 0 Å². The van der Waals surface area contributed by atoms with E-state index in [0.717, 1.165) is 16.7 Å². The van der Waals surface area contributed by atoms with E-state index in [1.54, 1.807) is 30.3 Å². The lowest BCUT2D eigenvalue weighted by atomic mass is 10.2. The Balaban J connectivity index is 1.90. The van der Waals surface area contributed by atoms with Crippen molar-refractivity contribution in [3.05, 3.63) is 108 Å². The Labute approximate surface area is 167 Å². The third-order valence-electron chi connectivity index (χ3n) is 4.13. The van der Waals surface area contributed by atoms with Crippen LogP contribution in [-0.2, 0) is 16.6 Å². The molecule has 0 radical (unpaired) electrons. The highest BCUT2D eigenvalue weighted by Gasteiger charge is 2.22. The van der Waals surface area contributed by atoms with Crippen LogP contribution in [0.25, 0.3) is 6.08 Å². The molecule has 0 amide bonds. The number of allylic oxidation sites excluding steroid dienone is 1. The van der Waals surface area contributed by atoms with Crippen LogP contribution in [-0.4, -0.2) is 12.7 Å². The van der Waals surface area contributed by atoms with Crippen LogP contribution >= 0.6 is 0 Å². The standard InChI is InChI=1S/C24H21NO2S/c1-21-15-17-24(18-16-21)28(26,27)25(20-23-13-6-3-7-14-23)19-9-8-12-22-10-4-2-5-11-22/h2-8,10-18H,20H2,1H3/b12-8+. The van der Waals surface area contributed by atoms with Crippen LogP contribution in [0.4, 0.5) is 0 Å². The first-order valence-electron chi connectivity index (χ1n) is 8.92. The molecule has 0 spiro atoms. The van der Waals surface area contributed by atoms with Crippen molar-refractivity contribution < 1.29 is 8.42 Å². The van der Waals surface area contributed by atoms with Crippen molar-refractivity contribution in [2.24, 2.45) is 0 Å².